The van der Waals surface area contributed by atoms with Gasteiger partial charge < -0.3 is 15.4 Å². The highest BCUT2D eigenvalue weighted by atomic mass is 35.5. The van der Waals surface area contributed by atoms with Crippen LogP contribution in [0.2, 0.25) is 5.02 Å². The first-order chi connectivity index (χ1) is 14.9. The number of rotatable bonds is 7. The third-order valence-corrected chi connectivity index (χ3v) is 4.56. The lowest BCUT2D eigenvalue weighted by atomic mass is 10.0. The van der Waals surface area contributed by atoms with Crippen LogP contribution in [0.1, 0.15) is 29.8 Å². The lowest BCUT2D eigenvalue weighted by molar-refractivity contribution is -0.150. The third kappa shape index (κ3) is 6.68. The van der Waals surface area contributed by atoms with Gasteiger partial charge in [-0.3, -0.25) is 9.59 Å². The van der Waals surface area contributed by atoms with Crippen LogP contribution in [-0.4, -0.2) is 30.4 Å². The summed E-state index contributed by atoms with van der Waals surface area (Å²) >= 11 is 5.52. The number of hydrogen-bond donors (Lipinski definition) is 2. The quantitative estimate of drug-likeness (QED) is 0.459. The summed E-state index contributed by atoms with van der Waals surface area (Å²) in [6.45, 7) is 2.38. The van der Waals surface area contributed by atoms with Crippen LogP contribution in [0.15, 0.2) is 42.5 Å². The number of alkyl halides is 3. The lowest BCUT2D eigenvalue weighted by Gasteiger charge is -2.21. The van der Waals surface area contributed by atoms with Crippen molar-refractivity contribution in [2.75, 3.05) is 11.9 Å². The van der Waals surface area contributed by atoms with Gasteiger partial charge in [-0.25, -0.2) is 9.18 Å². The lowest BCUT2D eigenvalue weighted by Crippen LogP contribution is -2.46. The Morgan fingerprint density at radius 1 is 1.09 bits per heavy atom. The molecule has 0 unspecified atom stereocenters. The summed E-state index contributed by atoms with van der Waals surface area (Å²) in [6.07, 6.45) is -4.72. The van der Waals surface area contributed by atoms with E-state index in [1.807, 2.05) is 0 Å². The molecule has 0 heterocycles. The topological polar surface area (TPSA) is 84.5 Å². The molecular formula is C21H19ClF4N2O4. The number of esters is 1. The van der Waals surface area contributed by atoms with E-state index in [1.54, 1.807) is 13.8 Å². The maximum absolute atomic E-state index is 13.8. The molecule has 2 aromatic carbocycles. The Labute approximate surface area is 185 Å². The van der Waals surface area contributed by atoms with Gasteiger partial charge in [0.25, 0.3) is 11.8 Å². The Hall–Kier alpha value is -3.14. The smallest absolute Gasteiger partial charge is 0.417 e. The van der Waals surface area contributed by atoms with Gasteiger partial charge >= 0.3 is 12.1 Å². The molecule has 0 bridgehead atoms. The number of anilines is 1. The molecule has 0 saturated carbocycles. The van der Waals surface area contributed by atoms with Gasteiger partial charge in [0.15, 0.2) is 6.61 Å². The van der Waals surface area contributed by atoms with Gasteiger partial charge in [0.1, 0.15) is 11.9 Å². The van der Waals surface area contributed by atoms with E-state index in [-0.39, 0.29) is 11.3 Å². The van der Waals surface area contributed by atoms with Crippen molar-refractivity contribution >= 4 is 35.1 Å². The molecule has 6 nitrogen and oxygen atoms in total. The Balaban J connectivity index is 1.99. The fraction of sp³-hybridized carbons (Fsp3) is 0.286. The molecule has 11 heteroatoms. The second kappa shape index (κ2) is 10.4. The molecule has 2 N–H and O–H groups in total. The number of ether oxygens (including phenoxy) is 1. The highest BCUT2D eigenvalue weighted by molar-refractivity contribution is 6.31. The van der Waals surface area contributed by atoms with Crippen molar-refractivity contribution in [2.45, 2.75) is 26.1 Å². The molecule has 0 aliphatic carbocycles. The molecule has 172 valence electrons. The summed E-state index contributed by atoms with van der Waals surface area (Å²) in [5.74, 6) is -3.96. The van der Waals surface area contributed by atoms with E-state index in [9.17, 15) is 31.9 Å². The molecule has 2 rings (SSSR count). The zero-order chi connectivity index (χ0) is 24.1. The fourth-order valence-corrected chi connectivity index (χ4v) is 2.83. The second-order valence-corrected chi connectivity index (χ2v) is 7.43. The minimum atomic E-state index is -4.72. The monoisotopic (exact) mass is 474 g/mol. The number of amides is 2. The SMILES string of the molecule is CC(C)[C@@H](NC(=O)c1ccccc1F)C(=O)OCC(=O)Nc1ccc(Cl)c(C(F)(F)F)c1. The molecule has 0 aliphatic rings. The van der Waals surface area contributed by atoms with E-state index < -0.39 is 58.9 Å². The normalized spacial score (nSPS) is 12.2. The highest BCUT2D eigenvalue weighted by Crippen LogP contribution is 2.36. The number of hydrogen-bond acceptors (Lipinski definition) is 4. The van der Waals surface area contributed by atoms with Crippen molar-refractivity contribution in [3.63, 3.8) is 0 Å². The van der Waals surface area contributed by atoms with E-state index in [0.29, 0.717) is 6.07 Å². The predicted molar refractivity (Wildman–Crippen MR) is 109 cm³/mol. The molecule has 2 amide bonds. The van der Waals surface area contributed by atoms with Gasteiger partial charge in [-0.15, -0.1) is 0 Å². The van der Waals surface area contributed by atoms with Crippen molar-refractivity contribution in [1.29, 1.82) is 0 Å². The summed E-state index contributed by atoms with van der Waals surface area (Å²) in [5.41, 5.74) is -1.60. The maximum atomic E-state index is 13.8. The molecule has 2 aromatic rings. The first-order valence-electron chi connectivity index (χ1n) is 9.28. The Bertz CT molecular complexity index is 1010. The van der Waals surface area contributed by atoms with Gasteiger partial charge in [0, 0.05) is 5.69 Å². The van der Waals surface area contributed by atoms with Crippen molar-refractivity contribution < 1.29 is 36.7 Å². The summed E-state index contributed by atoms with van der Waals surface area (Å²) in [6, 6.07) is 6.76. The number of benzene rings is 2. The number of carbonyl (C=O) groups excluding carboxylic acids is 3. The Morgan fingerprint density at radius 3 is 2.34 bits per heavy atom. The number of halogens is 5. The average Bonchev–Trinajstić information content (AvgIpc) is 2.70. The van der Waals surface area contributed by atoms with Crippen LogP contribution in [0.25, 0.3) is 0 Å². The van der Waals surface area contributed by atoms with Gasteiger partial charge in [0.2, 0.25) is 0 Å². The first-order valence-corrected chi connectivity index (χ1v) is 9.66. The largest absolute Gasteiger partial charge is 0.454 e. The van der Waals surface area contributed by atoms with Gasteiger partial charge in [-0.1, -0.05) is 37.6 Å². The van der Waals surface area contributed by atoms with Crippen LogP contribution in [0.3, 0.4) is 0 Å². The zero-order valence-electron chi connectivity index (χ0n) is 16.9. The van der Waals surface area contributed by atoms with E-state index in [1.165, 1.54) is 18.2 Å². The third-order valence-electron chi connectivity index (χ3n) is 4.23. The molecule has 0 aromatic heterocycles. The van der Waals surface area contributed by atoms with E-state index in [2.05, 4.69) is 10.6 Å². The van der Waals surface area contributed by atoms with Gasteiger partial charge in [-0.2, -0.15) is 13.2 Å². The minimum absolute atomic E-state index is 0.198. The van der Waals surface area contributed by atoms with Crippen LogP contribution < -0.4 is 10.6 Å². The first kappa shape index (κ1) is 25.1. The molecule has 0 aliphatic heterocycles. The van der Waals surface area contributed by atoms with Crippen LogP contribution in [0.4, 0.5) is 23.2 Å². The van der Waals surface area contributed by atoms with E-state index >= 15 is 0 Å². The summed E-state index contributed by atoms with van der Waals surface area (Å²) in [5, 5.41) is 3.98. The van der Waals surface area contributed by atoms with Crippen molar-refractivity contribution in [3.05, 3.63) is 64.4 Å². The van der Waals surface area contributed by atoms with Crippen molar-refractivity contribution in [3.8, 4) is 0 Å². The molecule has 0 radical (unpaired) electrons. The molecule has 32 heavy (non-hydrogen) atoms. The Kier molecular flexibility index (Phi) is 8.20. The fourth-order valence-electron chi connectivity index (χ4n) is 2.61. The molecular weight excluding hydrogens is 456 g/mol. The van der Waals surface area contributed by atoms with Crippen LogP contribution in [-0.2, 0) is 20.5 Å². The molecule has 0 fully saturated rings. The van der Waals surface area contributed by atoms with E-state index in [4.69, 9.17) is 16.3 Å². The average molecular weight is 475 g/mol. The maximum Gasteiger partial charge on any atom is 0.417 e. The molecule has 1 atom stereocenters. The van der Waals surface area contributed by atoms with E-state index in [0.717, 1.165) is 18.2 Å². The number of nitrogens with one attached hydrogen (secondary N) is 2. The van der Waals surface area contributed by atoms with Crippen molar-refractivity contribution in [1.82, 2.24) is 5.32 Å². The van der Waals surface area contributed by atoms with Crippen LogP contribution in [0, 0.1) is 11.7 Å². The van der Waals surface area contributed by atoms with Crippen LogP contribution in [0.5, 0.6) is 0 Å². The molecule has 0 saturated heterocycles. The minimum Gasteiger partial charge on any atom is -0.454 e. The second-order valence-electron chi connectivity index (χ2n) is 7.02. The predicted octanol–water partition coefficient (Wildman–Crippen LogP) is 4.43. The van der Waals surface area contributed by atoms with Crippen LogP contribution >= 0.6 is 11.6 Å². The summed E-state index contributed by atoms with van der Waals surface area (Å²) < 4.78 is 57.4. The Morgan fingerprint density at radius 2 is 1.75 bits per heavy atom. The zero-order valence-corrected chi connectivity index (χ0v) is 17.7. The summed E-state index contributed by atoms with van der Waals surface area (Å²) in [4.78, 5) is 36.6. The standard InChI is InChI=1S/C21H19ClF4N2O4/c1-11(2)18(28-19(30)13-5-3-4-6-16(13)23)20(31)32-10-17(29)27-12-7-8-15(22)14(9-12)21(24,25)26/h3-9,11,18H,10H2,1-2H3,(H,27,29)(H,28,30)/t18-/m1/s1. The van der Waals surface area contributed by atoms with Gasteiger partial charge in [0.05, 0.1) is 16.1 Å². The summed E-state index contributed by atoms with van der Waals surface area (Å²) in [7, 11) is 0. The highest BCUT2D eigenvalue weighted by Gasteiger charge is 2.33. The number of carbonyl (C=O) groups is 3. The molecule has 0 spiro atoms. The van der Waals surface area contributed by atoms with Gasteiger partial charge in [-0.05, 0) is 36.2 Å². The van der Waals surface area contributed by atoms with Crippen molar-refractivity contribution in [2.24, 2.45) is 5.92 Å².